The molecule has 0 saturated heterocycles. The number of hydrogen-bond acceptors (Lipinski definition) is 3. The SMILES string of the molecule is COC(=O)c1nc2ccc(C)cc2c2ccc(C)cc12. The molecule has 2 aromatic carbocycles. The highest BCUT2D eigenvalue weighted by Gasteiger charge is 2.15. The van der Waals surface area contributed by atoms with Crippen LogP contribution in [-0.2, 0) is 4.74 Å². The number of methoxy groups -OCH3 is 1. The van der Waals surface area contributed by atoms with Gasteiger partial charge in [0.1, 0.15) is 0 Å². The van der Waals surface area contributed by atoms with Crippen molar-refractivity contribution >= 4 is 27.6 Å². The minimum Gasteiger partial charge on any atom is -0.464 e. The number of benzene rings is 2. The van der Waals surface area contributed by atoms with Crippen molar-refractivity contribution in [1.29, 1.82) is 0 Å². The summed E-state index contributed by atoms with van der Waals surface area (Å²) in [6.07, 6.45) is 0. The molecular weight excluding hydrogens is 250 g/mol. The Bertz CT molecular complexity index is 837. The summed E-state index contributed by atoms with van der Waals surface area (Å²) in [6.45, 7) is 4.05. The molecule has 0 bridgehead atoms. The zero-order valence-corrected chi connectivity index (χ0v) is 11.7. The summed E-state index contributed by atoms with van der Waals surface area (Å²) in [4.78, 5) is 16.4. The van der Waals surface area contributed by atoms with E-state index < -0.39 is 5.97 Å². The van der Waals surface area contributed by atoms with Crippen molar-refractivity contribution < 1.29 is 9.53 Å². The minimum absolute atomic E-state index is 0.377. The molecule has 0 aliphatic heterocycles. The fourth-order valence-electron chi connectivity index (χ4n) is 2.48. The Morgan fingerprint density at radius 1 is 0.950 bits per heavy atom. The average Bonchev–Trinajstić information content (AvgIpc) is 2.45. The molecule has 0 fully saturated rings. The molecule has 0 spiro atoms. The largest absolute Gasteiger partial charge is 0.464 e. The van der Waals surface area contributed by atoms with Crippen LogP contribution >= 0.6 is 0 Å². The lowest BCUT2D eigenvalue weighted by molar-refractivity contribution is 0.0597. The number of fused-ring (bicyclic) bond motifs is 3. The van der Waals surface area contributed by atoms with Crippen LogP contribution in [0, 0.1) is 13.8 Å². The molecule has 1 aromatic heterocycles. The molecule has 0 amide bonds. The zero-order valence-electron chi connectivity index (χ0n) is 11.7. The minimum atomic E-state index is -0.400. The third-order valence-corrected chi connectivity index (χ3v) is 3.48. The summed E-state index contributed by atoms with van der Waals surface area (Å²) < 4.78 is 4.86. The van der Waals surface area contributed by atoms with Gasteiger partial charge in [-0.05, 0) is 37.4 Å². The average molecular weight is 265 g/mol. The summed E-state index contributed by atoms with van der Waals surface area (Å²) in [6, 6.07) is 12.1. The van der Waals surface area contributed by atoms with Crippen LogP contribution in [0.4, 0.5) is 0 Å². The van der Waals surface area contributed by atoms with Crippen molar-refractivity contribution in [2.75, 3.05) is 7.11 Å². The number of pyridine rings is 1. The van der Waals surface area contributed by atoms with Gasteiger partial charge < -0.3 is 4.74 Å². The van der Waals surface area contributed by atoms with E-state index in [0.29, 0.717) is 5.69 Å². The van der Waals surface area contributed by atoms with Gasteiger partial charge in [-0.2, -0.15) is 0 Å². The first-order valence-corrected chi connectivity index (χ1v) is 6.49. The number of nitrogens with zero attached hydrogens (tertiary/aromatic N) is 1. The first-order valence-electron chi connectivity index (χ1n) is 6.49. The number of ether oxygens (including phenoxy) is 1. The Morgan fingerprint density at radius 2 is 1.60 bits per heavy atom. The van der Waals surface area contributed by atoms with Crippen LogP contribution in [0.2, 0.25) is 0 Å². The Morgan fingerprint density at radius 3 is 2.30 bits per heavy atom. The van der Waals surface area contributed by atoms with Crippen LogP contribution < -0.4 is 0 Å². The lowest BCUT2D eigenvalue weighted by atomic mass is 10.0. The second kappa shape index (κ2) is 4.60. The van der Waals surface area contributed by atoms with Gasteiger partial charge >= 0.3 is 5.97 Å². The normalized spacial score (nSPS) is 10.9. The first-order chi connectivity index (χ1) is 9.60. The van der Waals surface area contributed by atoms with Gasteiger partial charge in [-0.25, -0.2) is 9.78 Å². The maximum atomic E-state index is 12.0. The van der Waals surface area contributed by atoms with E-state index in [1.54, 1.807) is 0 Å². The fourth-order valence-corrected chi connectivity index (χ4v) is 2.48. The monoisotopic (exact) mass is 265 g/mol. The lowest BCUT2D eigenvalue weighted by Crippen LogP contribution is -2.06. The second-order valence-corrected chi connectivity index (χ2v) is 5.02. The van der Waals surface area contributed by atoms with E-state index in [1.165, 1.54) is 12.7 Å². The van der Waals surface area contributed by atoms with Crippen molar-refractivity contribution in [1.82, 2.24) is 4.98 Å². The van der Waals surface area contributed by atoms with Crippen LogP contribution in [0.15, 0.2) is 36.4 Å². The highest BCUT2D eigenvalue weighted by Crippen LogP contribution is 2.28. The predicted molar refractivity (Wildman–Crippen MR) is 80.1 cm³/mol. The Kier molecular flexibility index (Phi) is 2.90. The number of aromatic nitrogens is 1. The van der Waals surface area contributed by atoms with E-state index in [0.717, 1.165) is 27.2 Å². The third kappa shape index (κ3) is 1.92. The number of aryl methyl sites for hydroxylation is 2. The van der Waals surface area contributed by atoms with Gasteiger partial charge in [0.25, 0.3) is 0 Å². The topological polar surface area (TPSA) is 39.2 Å². The van der Waals surface area contributed by atoms with Gasteiger partial charge in [0.15, 0.2) is 5.69 Å². The Balaban J connectivity index is 2.51. The number of carbonyl (C=O) groups is 1. The fraction of sp³-hybridized carbons (Fsp3) is 0.176. The van der Waals surface area contributed by atoms with Gasteiger partial charge in [-0.15, -0.1) is 0 Å². The second-order valence-electron chi connectivity index (χ2n) is 5.02. The van der Waals surface area contributed by atoms with Crippen molar-refractivity contribution in [3.05, 3.63) is 53.2 Å². The Labute approximate surface area is 117 Å². The highest BCUT2D eigenvalue weighted by atomic mass is 16.5. The molecular formula is C17H15NO2. The van der Waals surface area contributed by atoms with Crippen molar-refractivity contribution in [2.45, 2.75) is 13.8 Å². The van der Waals surface area contributed by atoms with Crippen LogP contribution in [0.25, 0.3) is 21.7 Å². The van der Waals surface area contributed by atoms with Gasteiger partial charge in [0, 0.05) is 10.8 Å². The van der Waals surface area contributed by atoms with Crippen molar-refractivity contribution in [2.24, 2.45) is 0 Å². The van der Waals surface area contributed by atoms with Crippen LogP contribution in [0.5, 0.6) is 0 Å². The van der Waals surface area contributed by atoms with Gasteiger partial charge in [-0.3, -0.25) is 0 Å². The first kappa shape index (κ1) is 12.6. The number of carbonyl (C=O) groups excluding carboxylic acids is 1. The summed E-state index contributed by atoms with van der Waals surface area (Å²) in [5.41, 5.74) is 3.46. The smallest absolute Gasteiger partial charge is 0.357 e. The highest BCUT2D eigenvalue weighted by molar-refractivity contribution is 6.13. The summed E-state index contributed by atoms with van der Waals surface area (Å²) >= 11 is 0. The van der Waals surface area contributed by atoms with Crippen LogP contribution in [0.3, 0.4) is 0 Å². The van der Waals surface area contributed by atoms with Crippen LogP contribution in [-0.4, -0.2) is 18.1 Å². The maximum absolute atomic E-state index is 12.0. The molecule has 0 atom stereocenters. The Hall–Kier alpha value is -2.42. The quantitative estimate of drug-likeness (QED) is 0.496. The van der Waals surface area contributed by atoms with E-state index in [-0.39, 0.29) is 0 Å². The molecule has 0 saturated carbocycles. The predicted octanol–water partition coefficient (Wildman–Crippen LogP) is 3.79. The molecule has 3 rings (SSSR count). The van der Waals surface area contributed by atoms with E-state index in [9.17, 15) is 4.79 Å². The molecule has 20 heavy (non-hydrogen) atoms. The number of esters is 1. The van der Waals surface area contributed by atoms with Gasteiger partial charge in [-0.1, -0.05) is 29.3 Å². The molecule has 1 heterocycles. The number of rotatable bonds is 1. The van der Waals surface area contributed by atoms with Crippen molar-refractivity contribution in [3.63, 3.8) is 0 Å². The van der Waals surface area contributed by atoms with E-state index >= 15 is 0 Å². The third-order valence-electron chi connectivity index (χ3n) is 3.48. The van der Waals surface area contributed by atoms with Gasteiger partial charge in [0.2, 0.25) is 0 Å². The van der Waals surface area contributed by atoms with Crippen molar-refractivity contribution in [3.8, 4) is 0 Å². The molecule has 3 nitrogen and oxygen atoms in total. The standard InChI is InChI=1S/C17H15NO2/c1-10-4-6-12-13-8-11(2)5-7-15(13)18-16(14(12)9-10)17(19)20-3/h4-9H,1-3H3. The molecule has 3 heteroatoms. The lowest BCUT2D eigenvalue weighted by Gasteiger charge is -2.09. The van der Waals surface area contributed by atoms with Gasteiger partial charge in [0.05, 0.1) is 12.6 Å². The van der Waals surface area contributed by atoms with E-state index in [2.05, 4.69) is 11.1 Å². The number of hydrogen-bond donors (Lipinski definition) is 0. The summed E-state index contributed by atoms with van der Waals surface area (Å²) in [5.74, 6) is -0.400. The molecule has 0 radical (unpaired) electrons. The molecule has 0 aliphatic rings. The molecule has 3 aromatic rings. The molecule has 0 N–H and O–H groups in total. The van der Waals surface area contributed by atoms with E-state index in [1.807, 2.05) is 44.2 Å². The van der Waals surface area contributed by atoms with Crippen LogP contribution in [0.1, 0.15) is 21.6 Å². The molecule has 0 unspecified atom stereocenters. The van der Waals surface area contributed by atoms with E-state index in [4.69, 9.17) is 4.74 Å². The zero-order chi connectivity index (χ0) is 14.3. The molecule has 100 valence electrons. The summed E-state index contributed by atoms with van der Waals surface area (Å²) in [5, 5.41) is 2.94. The maximum Gasteiger partial charge on any atom is 0.357 e. The summed E-state index contributed by atoms with van der Waals surface area (Å²) in [7, 11) is 1.38. The molecule has 0 aliphatic carbocycles.